The van der Waals surface area contributed by atoms with Crippen LogP contribution in [0, 0.1) is 6.92 Å². The van der Waals surface area contributed by atoms with E-state index in [1.54, 1.807) is 0 Å². The van der Waals surface area contributed by atoms with Gasteiger partial charge in [-0.15, -0.1) is 0 Å². The first-order valence-electron chi connectivity index (χ1n) is 6.61. The Morgan fingerprint density at radius 3 is 2.43 bits per heavy atom. The molecule has 2 fully saturated rings. The predicted molar refractivity (Wildman–Crippen MR) is 68.8 cm³/mol. The van der Waals surface area contributed by atoms with Gasteiger partial charge in [0.15, 0.2) is 0 Å². The van der Waals surface area contributed by atoms with Gasteiger partial charge in [-0.3, -0.25) is 4.79 Å². The van der Waals surface area contributed by atoms with Crippen molar-refractivity contribution in [2.24, 2.45) is 0 Å². The van der Waals surface area contributed by atoms with E-state index in [-0.39, 0.29) is 23.8 Å². The van der Waals surface area contributed by atoms with Gasteiger partial charge in [0.1, 0.15) is 6.54 Å². The molecule has 3 amide bonds. The first-order valence-corrected chi connectivity index (χ1v) is 6.61. The number of urea groups is 1. The third-order valence-electron chi connectivity index (χ3n) is 3.83. The monoisotopic (exact) mass is 298 g/mol. The second-order valence-electron chi connectivity index (χ2n) is 5.32. The Bertz CT molecular complexity index is 623. The van der Waals surface area contributed by atoms with Crippen LogP contribution in [0.5, 0.6) is 0 Å². The average molecular weight is 298 g/mol. The van der Waals surface area contributed by atoms with Crippen molar-refractivity contribution in [1.82, 2.24) is 4.90 Å². The Hall–Kier alpha value is -2.05. The van der Waals surface area contributed by atoms with Gasteiger partial charge in [0.05, 0.1) is 11.3 Å². The Kier molecular flexibility index (Phi) is 2.96. The number of carbonyl (C=O) groups excluding carboxylic acids is 2. The van der Waals surface area contributed by atoms with Crippen molar-refractivity contribution in [3.8, 4) is 0 Å². The summed E-state index contributed by atoms with van der Waals surface area (Å²) in [7, 11) is 0. The normalized spacial score (nSPS) is 19.6. The Balaban J connectivity index is 2.01. The highest BCUT2D eigenvalue weighted by Crippen LogP contribution is 2.38. The molecular formula is C14H13F3N2O2. The van der Waals surface area contributed by atoms with Crippen molar-refractivity contribution in [2.75, 3.05) is 11.4 Å². The van der Waals surface area contributed by atoms with Crippen molar-refractivity contribution in [2.45, 2.75) is 32.0 Å². The zero-order valence-electron chi connectivity index (χ0n) is 11.3. The fourth-order valence-corrected chi connectivity index (χ4v) is 2.60. The van der Waals surface area contributed by atoms with E-state index in [1.165, 1.54) is 24.0 Å². The molecule has 0 spiro atoms. The maximum absolute atomic E-state index is 12.9. The number of imide groups is 1. The molecule has 7 heteroatoms. The molecule has 1 aliphatic heterocycles. The number of rotatable bonds is 2. The SMILES string of the molecule is Cc1c(N2C(=O)CN(C3CC3)C2=O)cccc1C(F)(F)F. The lowest BCUT2D eigenvalue weighted by Gasteiger charge is -2.20. The van der Waals surface area contributed by atoms with E-state index < -0.39 is 23.7 Å². The van der Waals surface area contributed by atoms with Crippen LogP contribution in [-0.2, 0) is 11.0 Å². The van der Waals surface area contributed by atoms with Crippen molar-refractivity contribution in [3.63, 3.8) is 0 Å². The molecule has 0 atom stereocenters. The molecule has 3 rings (SSSR count). The molecule has 0 radical (unpaired) electrons. The summed E-state index contributed by atoms with van der Waals surface area (Å²) in [5, 5.41) is 0. The standard InChI is InChI=1S/C14H13F3N2O2/c1-8-10(14(15,16)17)3-2-4-11(8)19-12(20)7-18(13(19)21)9-5-6-9/h2-4,9H,5-7H2,1H3. The van der Waals surface area contributed by atoms with Gasteiger partial charge < -0.3 is 4.90 Å². The molecule has 0 aromatic heterocycles. The molecule has 1 heterocycles. The third kappa shape index (κ3) is 2.26. The lowest BCUT2D eigenvalue weighted by molar-refractivity contribution is -0.138. The predicted octanol–water partition coefficient (Wildman–Crippen LogP) is 2.94. The van der Waals surface area contributed by atoms with Crippen molar-refractivity contribution in [1.29, 1.82) is 0 Å². The summed E-state index contributed by atoms with van der Waals surface area (Å²) in [4.78, 5) is 26.6. The molecule has 0 bridgehead atoms. The molecular weight excluding hydrogens is 285 g/mol. The van der Waals surface area contributed by atoms with E-state index in [0.29, 0.717) is 0 Å². The van der Waals surface area contributed by atoms with Crippen molar-refractivity contribution < 1.29 is 22.8 Å². The van der Waals surface area contributed by atoms with E-state index in [9.17, 15) is 22.8 Å². The van der Waals surface area contributed by atoms with Gasteiger partial charge in [-0.2, -0.15) is 13.2 Å². The summed E-state index contributed by atoms with van der Waals surface area (Å²) >= 11 is 0. The van der Waals surface area contributed by atoms with Crippen LogP contribution >= 0.6 is 0 Å². The largest absolute Gasteiger partial charge is 0.416 e. The van der Waals surface area contributed by atoms with Gasteiger partial charge in [-0.25, -0.2) is 9.69 Å². The molecule has 21 heavy (non-hydrogen) atoms. The summed E-state index contributed by atoms with van der Waals surface area (Å²) in [6, 6.07) is 3.06. The molecule has 0 N–H and O–H groups in total. The summed E-state index contributed by atoms with van der Waals surface area (Å²) < 4.78 is 38.8. The summed E-state index contributed by atoms with van der Waals surface area (Å²) in [6.07, 6.45) is -2.83. The van der Waals surface area contributed by atoms with Crippen molar-refractivity contribution in [3.05, 3.63) is 29.3 Å². The number of alkyl halides is 3. The van der Waals surface area contributed by atoms with Gasteiger partial charge in [0.25, 0.3) is 5.91 Å². The second kappa shape index (κ2) is 4.47. The molecule has 1 aromatic carbocycles. The van der Waals surface area contributed by atoms with Gasteiger partial charge in [0, 0.05) is 6.04 Å². The van der Waals surface area contributed by atoms with Crippen LogP contribution in [0.25, 0.3) is 0 Å². The summed E-state index contributed by atoms with van der Waals surface area (Å²) in [6.45, 7) is 1.22. The zero-order valence-corrected chi connectivity index (χ0v) is 11.3. The van der Waals surface area contributed by atoms with Gasteiger partial charge in [-0.05, 0) is 37.5 Å². The number of nitrogens with zero attached hydrogens (tertiary/aromatic N) is 2. The number of anilines is 1. The maximum atomic E-state index is 12.9. The highest BCUT2D eigenvalue weighted by atomic mass is 19.4. The van der Waals surface area contributed by atoms with Crippen LogP contribution in [0.4, 0.5) is 23.7 Å². The van der Waals surface area contributed by atoms with Crippen molar-refractivity contribution >= 4 is 17.6 Å². The van der Waals surface area contributed by atoms with Gasteiger partial charge in [0.2, 0.25) is 0 Å². The van der Waals surface area contributed by atoms with Crippen LogP contribution in [-0.4, -0.2) is 29.4 Å². The molecule has 1 aliphatic carbocycles. The van der Waals surface area contributed by atoms with E-state index in [0.717, 1.165) is 23.8 Å². The highest BCUT2D eigenvalue weighted by molar-refractivity contribution is 6.20. The van der Waals surface area contributed by atoms with E-state index in [2.05, 4.69) is 0 Å². The smallest absolute Gasteiger partial charge is 0.312 e. The van der Waals surface area contributed by atoms with Crippen LogP contribution in [0.1, 0.15) is 24.0 Å². The average Bonchev–Trinajstić information content (AvgIpc) is 3.17. The van der Waals surface area contributed by atoms with Crippen LogP contribution < -0.4 is 4.90 Å². The number of carbonyl (C=O) groups is 2. The summed E-state index contributed by atoms with van der Waals surface area (Å²) in [5.74, 6) is -0.477. The lowest BCUT2D eigenvalue weighted by atomic mass is 10.1. The number of amides is 3. The minimum Gasteiger partial charge on any atom is -0.312 e. The quantitative estimate of drug-likeness (QED) is 0.788. The Morgan fingerprint density at radius 1 is 1.19 bits per heavy atom. The van der Waals surface area contributed by atoms with E-state index in [1.807, 2.05) is 0 Å². The minimum atomic E-state index is -4.51. The molecule has 0 unspecified atom stereocenters. The fraction of sp³-hybridized carbons (Fsp3) is 0.429. The lowest BCUT2D eigenvalue weighted by Crippen LogP contribution is -2.34. The number of halogens is 3. The second-order valence-corrected chi connectivity index (χ2v) is 5.32. The first kappa shape index (κ1) is 13.9. The van der Waals surface area contributed by atoms with E-state index >= 15 is 0 Å². The molecule has 112 valence electrons. The fourth-order valence-electron chi connectivity index (χ4n) is 2.60. The molecule has 1 saturated heterocycles. The van der Waals surface area contributed by atoms with Gasteiger partial charge in [-0.1, -0.05) is 6.07 Å². The number of hydrogen-bond acceptors (Lipinski definition) is 2. The Labute approximate surface area is 119 Å². The third-order valence-corrected chi connectivity index (χ3v) is 3.83. The maximum Gasteiger partial charge on any atom is 0.416 e. The zero-order chi connectivity index (χ0) is 15.4. The molecule has 2 aliphatic rings. The highest BCUT2D eigenvalue weighted by Gasteiger charge is 2.45. The van der Waals surface area contributed by atoms with E-state index in [4.69, 9.17) is 0 Å². The molecule has 4 nitrogen and oxygen atoms in total. The topological polar surface area (TPSA) is 40.6 Å². The number of benzene rings is 1. The van der Waals surface area contributed by atoms with Crippen LogP contribution in [0.15, 0.2) is 18.2 Å². The van der Waals surface area contributed by atoms with Crippen LogP contribution in [0.3, 0.4) is 0 Å². The first-order chi connectivity index (χ1) is 9.80. The molecule has 1 aromatic rings. The van der Waals surface area contributed by atoms with Crippen LogP contribution in [0.2, 0.25) is 0 Å². The van der Waals surface area contributed by atoms with Gasteiger partial charge >= 0.3 is 12.2 Å². The Morgan fingerprint density at radius 2 is 1.86 bits per heavy atom. The molecule has 1 saturated carbocycles. The minimum absolute atomic E-state index is 0.0166. The summed E-state index contributed by atoms with van der Waals surface area (Å²) in [5.41, 5.74) is -0.919. The number of hydrogen-bond donors (Lipinski definition) is 0.